The van der Waals surface area contributed by atoms with E-state index >= 15 is 0 Å². The lowest BCUT2D eigenvalue weighted by Crippen LogP contribution is -2.32. The lowest BCUT2D eigenvalue weighted by atomic mass is 9.71. The van der Waals surface area contributed by atoms with Gasteiger partial charge in [-0.25, -0.2) is 0 Å². The molecule has 0 aromatic heterocycles. The predicted molar refractivity (Wildman–Crippen MR) is 48.9 cm³/mol. The van der Waals surface area contributed by atoms with E-state index in [1.54, 1.807) is 0 Å². The summed E-state index contributed by atoms with van der Waals surface area (Å²) in [7, 11) is 0. The molecule has 0 aromatic carbocycles. The average molecular weight is 173 g/mol. The van der Waals surface area contributed by atoms with Gasteiger partial charge in [0.05, 0.1) is 0 Å². The van der Waals surface area contributed by atoms with Crippen molar-refractivity contribution in [3.63, 3.8) is 0 Å². The van der Waals surface area contributed by atoms with Gasteiger partial charge in [0.1, 0.15) is 0 Å². The van der Waals surface area contributed by atoms with E-state index < -0.39 is 0 Å². The van der Waals surface area contributed by atoms with E-state index in [1.165, 1.54) is 25.7 Å². The minimum absolute atomic E-state index is 0.467. The molecule has 0 N–H and O–H groups in total. The first kappa shape index (κ1) is 7.91. The highest BCUT2D eigenvalue weighted by atomic mass is 35.5. The summed E-state index contributed by atoms with van der Waals surface area (Å²) in [6, 6.07) is 0. The van der Waals surface area contributed by atoms with Crippen molar-refractivity contribution in [1.82, 2.24) is 0 Å². The van der Waals surface area contributed by atoms with Crippen LogP contribution in [0.1, 0.15) is 39.5 Å². The molecule has 0 radical (unpaired) electrons. The Morgan fingerprint density at radius 1 is 1.27 bits per heavy atom. The summed E-state index contributed by atoms with van der Waals surface area (Å²) in [5.41, 5.74) is 1.05. The second-order valence-corrected chi connectivity index (χ2v) is 5.15. The normalized spacial score (nSPS) is 55.4. The van der Waals surface area contributed by atoms with Crippen LogP contribution in [0.4, 0.5) is 0 Å². The Hall–Kier alpha value is 0.290. The number of hydrogen-bond donors (Lipinski definition) is 0. The van der Waals surface area contributed by atoms with Gasteiger partial charge in [0.25, 0.3) is 0 Å². The maximum Gasteiger partial charge on any atom is 0.0285 e. The number of halogens is 1. The van der Waals surface area contributed by atoms with Crippen molar-refractivity contribution in [2.75, 3.05) is 5.88 Å². The van der Waals surface area contributed by atoms with E-state index in [0.29, 0.717) is 10.8 Å². The van der Waals surface area contributed by atoms with Crippen molar-refractivity contribution in [2.45, 2.75) is 39.5 Å². The van der Waals surface area contributed by atoms with Crippen LogP contribution in [-0.2, 0) is 0 Å². The van der Waals surface area contributed by atoms with Gasteiger partial charge in [-0.2, -0.15) is 0 Å². The molecule has 11 heavy (non-hydrogen) atoms. The van der Waals surface area contributed by atoms with Gasteiger partial charge in [0.15, 0.2) is 0 Å². The number of hydrogen-bond acceptors (Lipinski definition) is 0. The lowest BCUT2D eigenvalue weighted by molar-refractivity contribution is 0.156. The molecule has 0 heterocycles. The Morgan fingerprint density at radius 2 is 1.82 bits per heavy atom. The van der Waals surface area contributed by atoms with Crippen LogP contribution in [0.25, 0.3) is 0 Å². The topological polar surface area (TPSA) is 0 Å². The average Bonchev–Trinajstić information content (AvgIpc) is 2.39. The highest BCUT2D eigenvalue weighted by Crippen LogP contribution is 2.65. The van der Waals surface area contributed by atoms with Crippen LogP contribution in [0.5, 0.6) is 0 Å². The van der Waals surface area contributed by atoms with E-state index in [9.17, 15) is 0 Å². The SMILES string of the molecule is CC12CCC(CC1)[C@@]2(C)CCl. The number of fused-ring (bicyclic) bond motifs is 2. The molecule has 0 saturated heterocycles. The molecular weight excluding hydrogens is 156 g/mol. The van der Waals surface area contributed by atoms with Crippen LogP contribution in [0.3, 0.4) is 0 Å². The maximum atomic E-state index is 6.07. The third-order valence-corrected chi connectivity index (χ3v) is 5.20. The molecule has 64 valence electrons. The molecule has 2 aliphatic carbocycles. The van der Waals surface area contributed by atoms with Crippen molar-refractivity contribution in [3.05, 3.63) is 0 Å². The van der Waals surface area contributed by atoms with E-state index in [4.69, 9.17) is 11.6 Å². The molecule has 0 amide bonds. The van der Waals surface area contributed by atoms with Gasteiger partial charge in [0.2, 0.25) is 0 Å². The standard InChI is InChI=1S/C10H17Cl/c1-9-5-3-8(4-6-9)10(9,2)7-11/h8H,3-7H2,1-2H3/t8?,9?,10-/m1/s1. The molecule has 2 saturated carbocycles. The van der Waals surface area contributed by atoms with Crippen molar-refractivity contribution < 1.29 is 0 Å². The summed E-state index contributed by atoms with van der Waals surface area (Å²) in [6.07, 6.45) is 5.70. The Kier molecular flexibility index (Phi) is 1.55. The fourth-order valence-corrected chi connectivity index (χ4v) is 3.77. The minimum Gasteiger partial charge on any atom is -0.126 e. The van der Waals surface area contributed by atoms with Crippen molar-refractivity contribution >= 4 is 11.6 Å². The van der Waals surface area contributed by atoms with Gasteiger partial charge >= 0.3 is 0 Å². The summed E-state index contributed by atoms with van der Waals surface area (Å²) in [5.74, 6) is 1.80. The third-order valence-electron chi connectivity index (χ3n) is 4.65. The second kappa shape index (κ2) is 2.16. The number of alkyl halides is 1. The van der Waals surface area contributed by atoms with Crippen molar-refractivity contribution in [1.29, 1.82) is 0 Å². The summed E-state index contributed by atoms with van der Waals surface area (Å²) in [6.45, 7) is 4.83. The molecule has 0 nitrogen and oxygen atoms in total. The quantitative estimate of drug-likeness (QED) is 0.532. The second-order valence-electron chi connectivity index (χ2n) is 4.89. The molecule has 0 aromatic rings. The Labute approximate surface area is 74.3 Å². The van der Waals surface area contributed by atoms with Crippen LogP contribution < -0.4 is 0 Å². The monoisotopic (exact) mass is 172 g/mol. The fourth-order valence-electron chi connectivity index (χ4n) is 3.23. The predicted octanol–water partition coefficient (Wildman–Crippen LogP) is 3.44. The van der Waals surface area contributed by atoms with E-state index in [1.807, 2.05) is 0 Å². The van der Waals surface area contributed by atoms with Crippen LogP contribution in [0, 0.1) is 16.7 Å². The Bertz CT molecular complexity index is 168. The fraction of sp³-hybridized carbons (Fsp3) is 1.00. The van der Waals surface area contributed by atoms with E-state index in [0.717, 1.165) is 11.8 Å². The van der Waals surface area contributed by atoms with Crippen LogP contribution in [0.2, 0.25) is 0 Å². The molecule has 1 heteroatoms. The van der Waals surface area contributed by atoms with Gasteiger partial charge in [-0.15, -0.1) is 11.6 Å². The minimum atomic E-state index is 0.467. The van der Waals surface area contributed by atoms with E-state index in [2.05, 4.69) is 13.8 Å². The first-order valence-electron chi connectivity index (χ1n) is 4.68. The van der Waals surface area contributed by atoms with Gasteiger partial charge < -0.3 is 0 Å². The summed E-state index contributed by atoms with van der Waals surface area (Å²) < 4.78 is 0. The zero-order valence-corrected chi connectivity index (χ0v) is 8.25. The molecule has 2 fully saturated rings. The summed E-state index contributed by atoms with van der Waals surface area (Å²) >= 11 is 6.07. The third kappa shape index (κ3) is 0.771. The molecule has 0 aliphatic heterocycles. The zero-order chi connectivity index (χ0) is 8.11. The van der Waals surface area contributed by atoms with Crippen molar-refractivity contribution in [3.8, 4) is 0 Å². The molecule has 2 bridgehead atoms. The Balaban J connectivity index is 2.34. The van der Waals surface area contributed by atoms with Gasteiger partial charge in [-0.3, -0.25) is 0 Å². The van der Waals surface area contributed by atoms with E-state index in [-0.39, 0.29) is 0 Å². The van der Waals surface area contributed by atoms with Crippen molar-refractivity contribution in [2.24, 2.45) is 16.7 Å². The molecular formula is C10H17Cl. The van der Waals surface area contributed by atoms with Crippen LogP contribution in [0.15, 0.2) is 0 Å². The highest BCUT2D eigenvalue weighted by Gasteiger charge is 2.57. The molecule has 0 unspecified atom stereocenters. The lowest BCUT2D eigenvalue weighted by Gasteiger charge is -2.36. The smallest absolute Gasteiger partial charge is 0.0285 e. The van der Waals surface area contributed by atoms with Gasteiger partial charge in [0, 0.05) is 5.88 Å². The first-order chi connectivity index (χ1) is 5.12. The zero-order valence-electron chi connectivity index (χ0n) is 7.49. The van der Waals surface area contributed by atoms with Gasteiger partial charge in [-0.1, -0.05) is 13.8 Å². The molecule has 2 rings (SSSR count). The van der Waals surface area contributed by atoms with Gasteiger partial charge in [-0.05, 0) is 42.4 Å². The Morgan fingerprint density at radius 3 is 2.00 bits per heavy atom. The maximum absolute atomic E-state index is 6.07. The first-order valence-corrected chi connectivity index (χ1v) is 5.22. The molecule has 2 aliphatic rings. The highest BCUT2D eigenvalue weighted by molar-refractivity contribution is 6.18. The largest absolute Gasteiger partial charge is 0.126 e. The molecule has 1 atom stereocenters. The summed E-state index contributed by atoms with van der Waals surface area (Å²) in [4.78, 5) is 0. The van der Waals surface area contributed by atoms with Crippen LogP contribution >= 0.6 is 11.6 Å². The number of rotatable bonds is 1. The molecule has 0 spiro atoms. The van der Waals surface area contributed by atoms with Crippen LogP contribution in [-0.4, -0.2) is 5.88 Å². The summed E-state index contributed by atoms with van der Waals surface area (Å²) in [5, 5.41) is 0.